The number of rotatable bonds is 6. The van der Waals surface area contributed by atoms with Crippen molar-refractivity contribution in [2.45, 2.75) is 0 Å². The number of amides is 1. The van der Waals surface area contributed by atoms with Gasteiger partial charge in [0.2, 0.25) is 11.6 Å². The predicted molar refractivity (Wildman–Crippen MR) is 114 cm³/mol. The molecule has 3 N–H and O–H groups in total. The van der Waals surface area contributed by atoms with Crippen LogP contribution in [0.4, 0.5) is 22.5 Å². The monoisotopic (exact) mass is 441 g/mol. The number of nitrogens with one attached hydrogen (secondary N) is 3. The summed E-state index contributed by atoms with van der Waals surface area (Å²) in [5, 5.41) is 15.2. The fraction of sp³-hybridized carbons (Fsp3) is 0. The first kappa shape index (κ1) is 19.5. The Morgan fingerprint density at radius 1 is 1.07 bits per heavy atom. The molecule has 0 saturated carbocycles. The molecule has 0 aliphatic rings. The van der Waals surface area contributed by atoms with Crippen molar-refractivity contribution in [1.29, 1.82) is 0 Å². The Bertz CT molecular complexity index is 1230. The number of halogens is 1. The van der Waals surface area contributed by atoms with Gasteiger partial charge in [-0.05, 0) is 24.3 Å². The largest absolute Gasteiger partial charge is 0.355 e. The lowest BCUT2D eigenvalue weighted by Gasteiger charge is -2.10. The number of anilines is 3. The number of hydrogen-bond donors (Lipinski definition) is 3. The zero-order valence-electron chi connectivity index (χ0n) is 15.0. The summed E-state index contributed by atoms with van der Waals surface area (Å²) in [6.45, 7) is 0. The van der Waals surface area contributed by atoms with Crippen molar-refractivity contribution in [1.82, 2.24) is 20.4 Å². The summed E-state index contributed by atoms with van der Waals surface area (Å²) in [6.07, 6.45) is 1.13. The number of nitro groups is 1. The molecule has 150 valence electrons. The van der Waals surface area contributed by atoms with E-state index in [4.69, 9.17) is 11.6 Å². The van der Waals surface area contributed by atoms with Gasteiger partial charge in [0.05, 0.1) is 25.7 Å². The molecule has 0 radical (unpaired) electrons. The third-order valence-corrected chi connectivity index (χ3v) is 5.22. The molecule has 2 aromatic carbocycles. The van der Waals surface area contributed by atoms with Crippen LogP contribution in [0.3, 0.4) is 0 Å². The summed E-state index contributed by atoms with van der Waals surface area (Å²) in [4.78, 5) is 35.5. The fourth-order valence-corrected chi connectivity index (χ4v) is 3.68. The maximum absolute atomic E-state index is 12.3. The topological polar surface area (TPSA) is 135 Å². The molecule has 2 heterocycles. The first-order valence-electron chi connectivity index (χ1n) is 8.46. The lowest BCUT2D eigenvalue weighted by molar-refractivity contribution is -0.383. The SMILES string of the molecule is O=C(NNc1ncnc(Nc2nc3ccccc3s2)c1[N+](=O)[O-])c1ccccc1Cl. The molecule has 1 amide bonds. The minimum Gasteiger partial charge on any atom is -0.310 e. The van der Waals surface area contributed by atoms with Crippen molar-refractivity contribution in [2.24, 2.45) is 0 Å². The molecule has 0 bridgehead atoms. The van der Waals surface area contributed by atoms with E-state index in [1.807, 2.05) is 24.3 Å². The normalized spacial score (nSPS) is 10.6. The molecule has 30 heavy (non-hydrogen) atoms. The first-order valence-corrected chi connectivity index (χ1v) is 9.65. The molecule has 0 unspecified atom stereocenters. The zero-order chi connectivity index (χ0) is 21.1. The number of aromatic nitrogens is 3. The van der Waals surface area contributed by atoms with Crippen LogP contribution in [-0.2, 0) is 0 Å². The number of hydrazine groups is 1. The summed E-state index contributed by atoms with van der Waals surface area (Å²) in [6, 6.07) is 13.9. The molecule has 0 fully saturated rings. The van der Waals surface area contributed by atoms with Gasteiger partial charge < -0.3 is 5.32 Å². The zero-order valence-corrected chi connectivity index (χ0v) is 16.6. The van der Waals surface area contributed by atoms with E-state index < -0.39 is 16.5 Å². The standard InChI is InChI=1S/C18H12ClN7O3S/c19-11-6-2-1-5-10(11)17(27)25-24-16-14(26(28)29)15(20-9-21-16)23-18-22-12-7-3-4-8-13(12)30-18/h1-9H,(H,25,27)(H2,20,21,22,23,24). The molecule has 10 nitrogen and oxygen atoms in total. The lowest BCUT2D eigenvalue weighted by atomic mass is 10.2. The van der Waals surface area contributed by atoms with E-state index in [0.717, 1.165) is 16.5 Å². The van der Waals surface area contributed by atoms with Gasteiger partial charge in [0.15, 0.2) is 5.13 Å². The van der Waals surface area contributed by atoms with Gasteiger partial charge in [-0.2, -0.15) is 0 Å². The summed E-state index contributed by atoms with van der Waals surface area (Å²) in [5.74, 6) is -0.836. The minimum atomic E-state index is -0.653. The summed E-state index contributed by atoms with van der Waals surface area (Å²) in [5.41, 5.74) is 5.33. The van der Waals surface area contributed by atoms with Gasteiger partial charge in [-0.15, -0.1) is 0 Å². The second-order valence-corrected chi connectivity index (χ2v) is 7.29. The molecule has 0 aliphatic heterocycles. The number of carbonyl (C=O) groups excluding carboxylic acids is 1. The molecular weight excluding hydrogens is 430 g/mol. The van der Waals surface area contributed by atoms with Crippen LogP contribution in [0.1, 0.15) is 10.4 Å². The second-order valence-electron chi connectivity index (χ2n) is 5.85. The van der Waals surface area contributed by atoms with Crippen LogP contribution in [0.2, 0.25) is 5.02 Å². The molecule has 12 heteroatoms. The quantitative estimate of drug-likeness (QED) is 0.300. The number of para-hydroxylation sites is 1. The van der Waals surface area contributed by atoms with E-state index in [1.165, 1.54) is 17.4 Å². The summed E-state index contributed by atoms with van der Waals surface area (Å²) in [7, 11) is 0. The highest BCUT2D eigenvalue weighted by Gasteiger charge is 2.24. The van der Waals surface area contributed by atoms with Crippen LogP contribution in [0, 0.1) is 10.1 Å². The summed E-state index contributed by atoms with van der Waals surface area (Å²) >= 11 is 7.32. The fourth-order valence-electron chi connectivity index (χ4n) is 2.59. The molecule has 2 aromatic heterocycles. The number of nitrogens with zero attached hydrogens (tertiary/aromatic N) is 4. The molecular formula is C18H12ClN7O3S. The highest BCUT2D eigenvalue weighted by Crippen LogP contribution is 2.33. The Labute approximate surface area is 178 Å². The summed E-state index contributed by atoms with van der Waals surface area (Å²) < 4.78 is 0.919. The predicted octanol–water partition coefficient (Wildman–Crippen LogP) is 4.15. The maximum atomic E-state index is 12.3. The Hall–Kier alpha value is -3.83. The van der Waals surface area contributed by atoms with E-state index in [0.29, 0.717) is 5.13 Å². The molecule has 4 rings (SSSR count). The van der Waals surface area contributed by atoms with Gasteiger partial charge in [-0.3, -0.25) is 25.8 Å². The van der Waals surface area contributed by atoms with Gasteiger partial charge >= 0.3 is 5.69 Å². The molecule has 0 atom stereocenters. The highest BCUT2D eigenvalue weighted by atomic mass is 35.5. The minimum absolute atomic E-state index is 0.0662. The van der Waals surface area contributed by atoms with Gasteiger partial charge in [-0.1, -0.05) is 47.2 Å². The maximum Gasteiger partial charge on any atom is 0.355 e. The van der Waals surface area contributed by atoms with Crippen LogP contribution in [0.15, 0.2) is 54.9 Å². The van der Waals surface area contributed by atoms with Crippen molar-refractivity contribution in [3.05, 3.63) is 75.6 Å². The van der Waals surface area contributed by atoms with Gasteiger partial charge in [0.25, 0.3) is 5.91 Å². The van der Waals surface area contributed by atoms with Gasteiger partial charge in [-0.25, -0.2) is 15.0 Å². The van der Waals surface area contributed by atoms with Crippen LogP contribution >= 0.6 is 22.9 Å². The van der Waals surface area contributed by atoms with Crippen LogP contribution in [-0.4, -0.2) is 25.8 Å². The van der Waals surface area contributed by atoms with Crippen molar-refractivity contribution < 1.29 is 9.72 Å². The van der Waals surface area contributed by atoms with Crippen LogP contribution < -0.4 is 16.2 Å². The smallest absolute Gasteiger partial charge is 0.310 e. The highest BCUT2D eigenvalue weighted by molar-refractivity contribution is 7.22. The lowest BCUT2D eigenvalue weighted by Crippen LogP contribution is -2.30. The Balaban J connectivity index is 1.59. The van der Waals surface area contributed by atoms with Gasteiger partial charge in [0, 0.05) is 0 Å². The van der Waals surface area contributed by atoms with Crippen molar-refractivity contribution in [2.75, 3.05) is 10.7 Å². The molecule has 0 saturated heterocycles. The van der Waals surface area contributed by atoms with Crippen molar-refractivity contribution >= 4 is 61.5 Å². The molecule has 0 aliphatic carbocycles. The first-order chi connectivity index (χ1) is 14.5. The number of benzene rings is 2. The van der Waals surface area contributed by atoms with E-state index >= 15 is 0 Å². The van der Waals surface area contributed by atoms with E-state index in [1.54, 1.807) is 18.2 Å². The van der Waals surface area contributed by atoms with Gasteiger partial charge in [0.1, 0.15) is 6.33 Å². The number of fused-ring (bicyclic) bond motifs is 1. The average molecular weight is 442 g/mol. The number of thiazole rings is 1. The number of hydrogen-bond acceptors (Lipinski definition) is 9. The van der Waals surface area contributed by atoms with Crippen molar-refractivity contribution in [3.8, 4) is 0 Å². The Morgan fingerprint density at radius 2 is 1.80 bits per heavy atom. The molecule has 0 spiro atoms. The second kappa shape index (κ2) is 8.27. The van der Waals surface area contributed by atoms with E-state index in [2.05, 4.69) is 31.1 Å². The van der Waals surface area contributed by atoms with Crippen LogP contribution in [0.5, 0.6) is 0 Å². The van der Waals surface area contributed by atoms with E-state index in [-0.39, 0.29) is 22.2 Å². The van der Waals surface area contributed by atoms with E-state index in [9.17, 15) is 14.9 Å². The third kappa shape index (κ3) is 3.97. The van der Waals surface area contributed by atoms with Crippen LogP contribution in [0.25, 0.3) is 10.2 Å². The molecule has 4 aromatic rings. The Morgan fingerprint density at radius 3 is 2.57 bits per heavy atom. The Kier molecular flexibility index (Phi) is 5.37. The number of carbonyl (C=O) groups is 1. The third-order valence-electron chi connectivity index (χ3n) is 3.94. The van der Waals surface area contributed by atoms with Crippen molar-refractivity contribution in [3.63, 3.8) is 0 Å². The average Bonchev–Trinajstić information content (AvgIpc) is 3.14.